The van der Waals surface area contributed by atoms with Crippen molar-refractivity contribution in [3.63, 3.8) is 0 Å². The van der Waals surface area contributed by atoms with Crippen molar-refractivity contribution in [2.24, 2.45) is 0 Å². The molecule has 0 aliphatic heterocycles. The molecule has 0 fully saturated rings. The third kappa shape index (κ3) is 1.10. The molecular weight excluding hydrogens is 236 g/mol. The molecule has 0 spiro atoms. The number of rotatable bonds is 0. The fraction of sp³-hybridized carbons (Fsp3) is 0.176. The van der Waals surface area contributed by atoms with Crippen molar-refractivity contribution in [3.05, 3.63) is 59.7 Å². The second-order valence-electron chi connectivity index (χ2n) is 5.47. The van der Waals surface area contributed by atoms with Gasteiger partial charge in [-0.15, -0.1) is 11.3 Å². The summed E-state index contributed by atoms with van der Waals surface area (Å²) in [6.45, 7) is 4.69. The third-order valence-corrected chi connectivity index (χ3v) is 5.27. The van der Waals surface area contributed by atoms with Crippen LogP contribution in [0.4, 0.5) is 0 Å². The summed E-state index contributed by atoms with van der Waals surface area (Å²) in [6.07, 6.45) is 0. The molecule has 0 bridgehead atoms. The lowest BCUT2D eigenvalue weighted by atomic mass is 9.81. The van der Waals surface area contributed by atoms with Gasteiger partial charge in [-0.2, -0.15) is 0 Å². The molecule has 1 heteroatoms. The molecule has 3 aromatic rings. The molecule has 0 saturated carbocycles. The van der Waals surface area contributed by atoms with E-state index < -0.39 is 0 Å². The second kappa shape index (κ2) is 3.24. The van der Waals surface area contributed by atoms with E-state index in [0.29, 0.717) is 0 Å². The van der Waals surface area contributed by atoms with Crippen LogP contribution in [-0.2, 0) is 5.41 Å². The van der Waals surface area contributed by atoms with E-state index in [1.54, 1.807) is 0 Å². The summed E-state index contributed by atoms with van der Waals surface area (Å²) in [5.41, 5.74) is 4.55. The number of benzene rings is 2. The molecule has 0 radical (unpaired) electrons. The monoisotopic (exact) mass is 250 g/mol. The molecule has 0 nitrogen and oxygen atoms in total. The van der Waals surface area contributed by atoms with Crippen LogP contribution in [0.25, 0.3) is 20.5 Å². The Kier molecular flexibility index (Phi) is 1.86. The molecule has 1 aliphatic carbocycles. The van der Waals surface area contributed by atoms with Crippen LogP contribution in [0.3, 0.4) is 0 Å². The van der Waals surface area contributed by atoms with Gasteiger partial charge in [-0.25, -0.2) is 0 Å². The molecule has 0 saturated heterocycles. The first-order valence-electron chi connectivity index (χ1n) is 6.31. The van der Waals surface area contributed by atoms with Crippen molar-refractivity contribution in [3.8, 4) is 10.4 Å². The van der Waals surface area contributed by atoms with Crippen LogP contribution in [0, 0.1) is 0 Å². The van der Waals surface area contributed by atoms with Gasteiger partial charge in [-0.1, -0.05) is 56.3 Å². The Hall–Kier alpha value is -1.60. The highest BCUT2D eigenvalue weighted by atomic mass is 32.1. The van der Waals surface area contributed by atoms with E-state index in [1.807, 2.05) is 11.3 Å². The summed E-state index contributed by atoms with van der Waals surface area (Å²) in [5, 5.41) is 1.43. The number of fused-ring (bicyclic) bond motifs is 5. The van der Waals surface area contributed by atoms with E-state index in [2.05, 4.69) is 62.4 Å². The molecule has 18 heavy (non-hydrogen) atoms. The van der Waals surface area contributed by atoms with Gasteiger partial charge < -0.3 is 0 Å². The number of hydrogen-bond acceptors (Lipinski definition) is 1. The molecule has 4 rings (SSSR count). The summed E-state index contributed by atoms with van der Waals surface area (Å²) in [4.78, 5) is 1.47. The molecular formula is C17H14S. The summed E-state index contributed by atoms with van der Waals surface area (Å²) >= 11 is 1.93. The first-order valence-corrected chi connectivity index (χ1v) is 7.13. The number of thiophene rings is 1. The van der Waals surface area contributed by atoms with E-state index in [-0.39, 0.29) is 5.41 Å². The lowest BCUT2D eigenvalue weighted by Gasteiger charge is -2.21. The summed E-state index contributed by atoms with van der Waals surface area (Å²) in [7, 11) is 0. The molecule has 2 aromatic carbocycles. The minimum absolute atomic E-state index is 0.130. The average molecular weight is 250 g/mol. The highest BCUT2D eigenvalue weighted by molar-refractivity contribution is 7.22. The zero-order chi connectivity index (χ0) is 12.3. The first kappa shape index (κ1) is 10.3. The van der Waals surface area contributed by atoms with Crippen molar-refractivity contribution in [2.75, 3.05) is 0 Å². The van der Waals surface area contributed by atoms with Crippen molar-refractivity contribution >= 4 is 21.4 Å². The Morgan fingerprint density at radius 3 is 2.50 bits per heavy atom. The van der Waals surface area contributed by atoms with Gasteiger partial charge in [0.25, 0.3) is 0 Å². The Balaban J connectivity index is 2.20. The van der Waals surface area contributed by atoms with E-state index in [0.717, 1.165) is 0 Å². The highest BCUT2D eigenvalue weighted by Crippen LogP contribution is 2.54. The van der Waals surface area contributed by atoms with Crippen molar-refractivity contribution < 1.29 is 0 Å². The molecule has 1 heterocycles. The molecule has 0 N–H and O–H groups in total. The second-order valence-corrected chi connectivity index (χ2v) is 6.53. The van der Waals surface area contributed by atoms with Gasteiger partial charge in [0.1, 0.15) is 0 Å². The maximum atomic E-state index is 2.34. The average Bonchev–Trinajstić information content (AvgIpc) is 2.86. The summed E-state index contributed by atoms with van der Waals surface area (Å²) < 4.78 is 1.41. The Labute approximate surface area is 111 Å². The quantitative estimate of drug-likeness (QED) is 0.514. The standard InChI is InChI=1S/C17H14S/c1-17(2)13-9-5-3-7-11(13)16-15(17)12-8-4-6-10-14(12)18-16/h3-10H,1-2H3. The minimum Gasteiger partial charge on any atom is -0.135 e. The number of hydrogen-bond donors (Lipinski definition) is 0. The highest BCUT2D eigenvalue weighted by Gasteiger charge is 2.38. The molecule has 0 unspecified atom stereocenters. The Morgan fingerprint density at radius 2 is 1.61 bits per heavy atom. The van der Waals surface area contributed by atoms with Crippen molar-refractivity contribution in [1.82, 2.24) is 0 Å². The Morgan fingerprint density at radius 1 is 0.889 bits per heavy atom. The molecule has 0 amide bonds. The van der Waals surface area contributed by atoms with E-state index in [4.69, 9.17) is 0 Å². The van der Waals surface area contributed by atoms with Crippen LogP contribution < -0.4 is 0 Å². The van der Waals surface area contributed by atoms with Crippen LogP contribution >= 0.6 is 11.3 Å². The van der Waals surface area contributed by atoms with Gasteiger partial charge in [-0.3, -0.25) is 0 Å². The fourth-order valence-electron chi connectivity index (χ4n) is 3.22. The van der Waals surface area contributed by atoms with Gasteiger partial charge in [0, 0.05) is 15.0 Å². The van der Waals surface area contributed by atoms with Crippen molar-refractivity contribution in [1.29, 1.82) is 0 Å². The van der Waals surface area contributed by atoms with Gasteiger partial charge in [-0.05, 0) is 28.1 Å². The van der Waals surface area contributed by atoms with Crippen LogP contribution in [0.5, 0.6) is 0 Å². The van der Waals surface area contributed by atoms with Gasteiger partial charge >= 0.3 is 0 Å². The molecule has 1 aliphatic rings. The van der Waals surface area contributed by atoms with Crippen LogP contribution in [0.2, 0.25) is 0 Å². The minimum atomic E-state index is 0.130. The maximum absolute atomic E-state index is 2.34. The lowest BCUT2D eigenvalue weighted by molar-refractivity contribution is 0.667. The van der Waals surface area contributed by atoms with Gasteiger partial charge in [0.15, 0.2) is 0 Å². The van der Waals surface area contributed by atoms with Crippen LogP contribution in [0.1, 0.15) is 25.0 Å². The maximum Gasteiger partial charge on any atom is 0.0399 e. The zero-order valence-electron chi connectivity index (χ0n) is 10.5. The van der Waals surface area contributed by atoms with Crippen LogP contribution in [-0.4, -0.2) is 0 Å². The van der Waals surface area contributed by atoms with E-state index in [1.165, 1.54) is 31.7 Å². The van der Waals surface area contributed by atoms with Gasteiger partial charge in [0.2, 0.25) is 0 Å². The SMILES string of the molecule is CC1(C)c2ccccc2-c2sc3ccccc3c21. The summed E-state index contributed by atoms with van der Waals surface area (Å²) in [6, 6.07) is 17.6. The summed E-state index contributed by atoms with van der Waals surface area (Å²) in [5.74, 6) is 0. The Bertz CT molecular complexity index is 762. The topological polar surface area (TPSA) is 0 Å². The molecule has 1 aromatic heterocycles. The first-order chi connectivity index (χ1) is 8.69. The zero-order valence-corrected chi connectivity index (χ0v) is 11.3. The van der Waals surface area contributed by atoms with E-state index >= 15 is 0 Å². The van der Waals surface area contributed by atoms with Crippen LogP contribution in [0.15, 0.2) is 48.5 Å². The van der Waals surface area contributed by atoms with E-state index in [9.17, 15) is 0 Å². The smallest absolute Gasteiger partial charge is 0.0399 e. The van der Waals surface area contributed by atoms with Gasteiger partial charge in [0.05, 0.1) is 0 Å². The third-order valence-electron chi connectivity index (χ3n) is 4.07. The molecule has 88 valence electrons. The molecule has 0 atom stereocenters. The predicted molar refractivity (Wildman–Crippen MR) is 79.4 cm³/mol. The lowest BCUT2D eigenvalue weighted by Crippen LogP contribution is -2.14. The normalized spacial score (nSPS) is 15.7. The largest absolute Gasteiger partial charge is 0.135 e. The van der Waals surface area contributed by atoms with Crippen molar-refractivity contribution in [2.45, 2.75) is 19.3 Å². The fourth-order valence-corrected chi connectivity index (χ4v) is 4.62. The predicted octanol–water partition coefficient (Wildman–Crippen LogP) is 5.21.